The molecule has 0 aromatic heterocycles. The highest BCUT2D eigenvalue weighted by Gasteiger charge is 2.33. The predicted molar refractivity (Wildman–Crippen MR) is 111 cm³/mol. The van der Waals surface area contributed by atoms with Gasteiger partial charge in [0.2, 0.25) is 0 Å². The lowest BCUT2D eigenvalue weighted by molar-refractivity contribution is -0.136. The molecule has 4 heteroatoms. The maximum Gasteiger partial charge on any atom is 0.355 e. The minimum Gasteiger partial charge on any atom is -0.464 e. The molecule has 0 aliphatic carbocycles. The fourth-order valence-electron chi connectivity index (χ4n) is 3.33. The third kappa shape index (κ3) is 3.21. The number of nitrogens with zero attached hydrogens (tertiary/aromatic N) is 1. The molecule has 2 aromatic rings. The van der Waals surface area contributed by atoms with E-state index >= 15 is 0 Å². The number of benzene rings is 2. The number of esters is 1. The molecule has 0 radical (unpaired) electrons. The van der Waals surface area contributed by atoms with Crippen LogP contribution in [0.4, 0.5) is 11.4 Å². The molecule has 0 N–H and O–H groups in total. The Balaban J connectivity index is 2.38. The maximum absolute atomic E-state index is 12.8. The van der Waals surface area contributed by atoms with Crippen molar-refractivity contribution in [1.82, 2.24) is 0 Å². The fourth-order valence-corrected chi connectivity index (χ4v) is 3.90. The van der Waals surface area contributed by atoms with Crippen LogP contribution in [-0.2, 0) is 9.53 Å². The van der Waals surface area contributed by atoms with Crippen molar-refractivity contribution in [3.05, 3.63) is 77.0 Å². The van der Waals surface area contributed by atoms with Crippen molar-refractivity contribution in [3.8, 4) is 0 Å². The third-order valence-corrected chi connectivity index (χ3v) is 5.01. The summed E-state index contributed by atoms with van der Waals surface area (Å²) < 4.78 is 5.16. The summed E-state index contributed by atoms with van der Waals surface area (Å²) in [6.07, 6.45) is 3.06. The second kappa shape index (κ2) is 7.92. The highest BCUT2D eigenvalue weighted by molar-refractivity contribution is 9.09. The molecule has 1 aliphatic heterocycles. The smallest absolute Gasteiger partial charge is 0.355 e. The van der Waals surface area contributed by atoms with Gasteiger partial charge in [0.15, 0.2) is 0 Å². The number of fused-ring (bicyclic) bond motifs is 1. The van der Waals surface area contributed by atoms with Crippen LogP contribution in [0.5, 0.6) is 0 Å². The van der Waals surface area contributed by atoms with Crippen LogP contribution in [0.2, 0.25) is 0 Å². The number of para-hydroxylation sites is 1. The Morgan fingerprint density at radius 3 is 2.54 bits per heavy atom. The number of hydrogen-bond acceptors (Lipinski definition) is 3. The van der Waals surface area contributed by atoms with Gasteiger partial charge in [0.1, 0.15) is 5.70 Å². The van der Waals surface area contributed by atoms with Crippen LogP contribution in [0.25, 0.3) is 5.57 Å². The van der Waals surface area contributed by atoms with Crippen molar-refractivity contribution < 1.29 is 9.53 Å². The summed E-state index contributed by atoms with van der Waals surface area (Å²) in [5.41, 5.74) is 6.81. The van der Waals surface area contributed by atoms with E-state index in [9.17, 15) is 4.79 Å². The Labute approximate surface area is 163 Å². The Kier molecular flexibility index (Phi) is 5.62. The third-order valence-electron chi connectivity index (χ3n) is 4.45. The molecular formula is C22H22BrNO2. The van der Waals surface area contributed by atoms with E-state index in [1.807, 2.05) is 35.2 Å². The lowest BCUT2D eigenvalue weighted by Gasteiger charge is -2.35. The van der Waals surface area contributed by atoms with Gasteiger partial charge in [0.25, 0.3) is 0 Å². The molecule has 0 spiro atoms. The van der Waals surface area contributed by atoms with E-state index < -0.39 is 0 Å². The van der Waals surface area contributed by atoms with Crippen LogP contribution in [-0.4, -0.2) is 18.4 Å². The SMILES string of the molecule is CC/C=C1/C(CBr)=C(C(=O)OC)N(c2ccccc2)c2cc(C)ccc21. The predicted octanol–water partition coefficient (Wildman–Crippen LogP) is 5.76. The van der Waals surface area contributed by atoms with Gasteiger partial charge in [-0.3, -0.25) is 0 Å². The zero-order valence-electron chi connectivity index (χ0n) is 15.3. The molecule has 134 valence electrons. The van der Waals surface area contributed by atoms with Crippen LogP contribution in [0.3, 0.4) is 0 Å². The molecule has 0 saturated carbocycles. The maximum atomic E-state index is 12.8. The van der Waals surface area contributed by atoms with Crippen LogP contribution in [0.15, 0.2) is 65.9 Å². The van der Waals surface area contributed by atoms with Crippen molar-refractivity contribution in [2.75, 3.05) is 17.3 Å². The number of allylic oxidation sites excluding steroid dienone is 3. The van der Waals surface area contributed by atoms with Gasteiger partial charge in [0.05, 0.1) is 12.8 Å². The lowest BCUT2D eigenvalue weighted by Crippen LogP contribution is -2.30. The Morgan fingerprint density at radius 2 is 1.92 bits per heavy atom. The largest absolute Gasteiger partial charge is 0.464 e. The van der Waals surface area contributed by atoms with Gasteiger partial charge in [0, 0.05) is 22.2 Å². The fraction of sp³-hybridized carbons (Fsp3) is 0.227. The molecule has 3 nitrogen and oxygen atoms in total. The molecule has 0 atom stereocenters. The lowest BCUT2D eigenvalue weighted by atomic mass is 9.89. The first-order valence-corrected chi connectivity index (χ1v) is 9.78. The minimum absolute atomic E-state index is 0.336. The van der Waals surface area contributed by atoms with Gasteiger partial charge in [-0.2, -0.15) is 0 Å². The molecule has 0 amide bonds. The van der Waals surface area contributed by atoms with Crippen LogP contribution >= 0.6 is 15.9 Å². The molecule has 0 bridgehead atoms. The first-order chi connectivity index (χ1) is 12.6. The van der Waals surface area contributed by atoms with E-state index in [0.717, 1.165) is 40.1 Å². The first kappa shape index (κ1) is 18.5. The minimum atomic E-state index is -0.336. The number of rotatable bonds is 4. The quantitative estimate of drug-likeness (QED) is 0.472. The van der Waals surface area contributed by atoms with Gasteiger partial charge in [-0.05, 0) is 42.7 Å². The summed E-state index contributed by atoms with van der Waals surface area (Å²) in [4.78, 5) is 14.8. The second-order valence-corrected chi connectivity index (χ2v) is 6.73. The van der Waals surface area contributed by atoms with Gasteiger partial charge >= 0.3 is 5.97 Å². The number of hydrogen-bond donors (Lipinski definition) is 0. The number of halogens is 1. The van der Waals surface area contributed by atoms with Crippen molar-refractivity contribution >= 4 is 38.8 Å². The monoisotopic (exact) mass is 411 g/mol. The Morgan fingerprint density at radius 1 is 1.19 bits per heavy atom. The van der Waals surface area contributed by atoms with Crippen LogP contribution in [0.1, 0.15) is 24.5 Å². The van der Waals surface area contributed by atoms with E-state index in [1.54, 1.807) is 0 Å². The molecule has 0 unspecified atom stereocenters. The van der Waals surface area contributed by atoms with Gasteiger partial charge < -0.3 is 9.64 Å². The second-order valence-electron chi connectivity index (χ2n) is 6.17. The first-order valence-electron chi connectivity index (χ1n) is 8.66. The normalized spacial score (nSPS) is 15.2. The summed E-state index contributed by atoms with van der Waals surface area (Å²) in [5, 5.41) is 0.569. The van der Waals surface area contributed by atoms with Crippen molar-refractivity contribution in [2.45, 2.75) is 20.3 Å². The molecule has 1 aliphatic rings. The zero-order valence-corrected chi connectivity index (χ0v) is 16.8. The molecule has 0 saturated heterocycles. The van der Waals surface area contributed by atoms with Crippen molar-refractivity contribution in [3.63, 3.8) is 0 Å². The zero-order chi connectivity index (χ0) is 18.7. The number of ether oxygens (including phenoxy) is 1. The Hall–Kier alpha value is -2.33. The Bertz CT molecular complexity index is 884. The van der Waals surface area contributed by atoms with E-state index in [2.05, 4.69) is 54.1 Å². The number of carbonyl (C=O) groups is 1. The number of carbonyl (C=O) groups excluding carboxylic acids is 1. The van der Waals surface area contributed by atoms with Crippen molar-refractivity contribution in [1.29, 1.82) is 0 Å². The summed E-state index contributed by atoms with van der Waals surface area (Å²) in [7, 11) is 1.43. The van der Waals surface area contributed by atoms with Crippen LogP contribution in [0, 0.1) is 6.92 Å². The highest BCUT2D eigenvalue weighted by Crippen LogP contribution is 2.45. The summed E-state index contributed by atoms with van der Waals surface area (Å²) >= 11 is 3.59. The standard InChI is InChI=1S/C22H22BrNO2/c1-4-8-17-18-12-11-15(2)13-20(18)24(16-9-6-5-7-10-16)21(19(17)14-23)22(25)26-3/h5-13H,4,14H2,1-3H3/b17-8+. The highest BCUT2D eigenvalue weighted by atomic mass is 79.9. The molecular weight excluding hydrogens is 390 g/mol. The number of methoxy groups -OCH3 is 1. The molecule has 1 heterocycles. The topological polar surface area (TPSA) is 29.5 Å². The summed E-state index contributed by atoms with van der Waals surface area (Å²) in [5.74, 6) is -0.336. The molecule has 0 fully saturated rings. The van der Waals surface area contributed by atoms with Crippen molar-refractivity contribution in [2.24, 2.45) is 0 Å². The van der Waals surface area contributed by atoms with E-state index in [4.69, 9.17) is 4.74 Å². The average Bonchev–Trinajstić information content (AvgIpc) is 2.67. The van der Waals surface area contributed by atoms with Gasteiger partial charge in [-0.25, -0.2) is 4.79 Å². The van der Waals surface area contributed by atoms with Crippen LogP contribution < -0.4 is 4.90 Å². The molecule has 2 aromatic carbocycles. The summed E-state index contributed by atoms with van der Waals surface area (Å²) in [6.45, 7) is 4.17. The average molecular weight is 412 g/mol. The van der Waals surface area contributed by atoms with Gasteiger partial charge in [-0.1, -0.05) is 59.3 Å². The molecule has 3 rings (SSSR count). The summed E-state index contributed by atoms with van der Waals surface area (Å²) in [6, 6.07) is 16.3. The van der Waals surface area contributed by atoms with Gasteiger partial charge in [-0.15, -0.1) is 0 Å². The number of anilines is 2. The van der Waals surface area contributed by atoms with E-state index in [1.165, 1.54) is 7.11 Å². The number of aryl methyl sites for hydroxylation is 1. The number of alkyl halides is 1. The van der Waals surface area contributed by atoms with E-state index in [-0.39, 0.29) is 5.97 Å². The van der Waals surface area contributed by atoms with E-state index in [0.29, 0.717) is 11.0 Å². The molecule has 26 heavy (non-hydrogen) atoms.